The van der Waals surface area contributed by atoms with Crippen molar-refractivity contribution in [2.24, 2.45) is 0 Å². The SMILES string of the molecule is [Si]O[Si]O[Si].[Y].[Y].[Y].[Y].[Y].[Y].[Y].[Y]. The summed E-state index contributed by atoms with van der Waals surface area (Å²) >= 11 is 0. The van der Waals surface area contributed by atoms with Crippen LogP contribution in [0.15, 0.2) is 0 Å². The van der Waals surface area contributed by atoms with Gasteiger partial charge in [0.25, 0.3) is 0 Å². The first-order valence-electron chi connectivity index (χ1n) is 0.816. The number of hydrogen-bond acceptors (Lipinski definition) is 2. The molecule has 13 heavy (non-hydrogen) atoms. The maximum atomic E-state index is 4.25. The first-order valence-corrected chi connectivity index (χ1v) is 2.45. The van der Waals surface area contributed by atoms with Gasteiger partial charge in [-0.15, -0.1) is 0 Å². The second-order valence-electron chi connectivity index (χ2n) is 0.287. The van der Waals surface area contributed by atoms with Gasteiger partial charge in [0.2, 0.25) is 21.0 Å². The summed E-state index contributed by atoms with van der Waals surface area (Å²) < 4.78 is 8.51. The molecular weight excluding hydrogens is 828 g/mol. The molecule has 0 N–H and O–H groups in total. The Balaban J connectivity index is -0.00000000286. The molecule has 2 nitrogen and oxygen atoms in total. The molecule has 0 aliphatic carbocycles. The van der Waals surface area contributed by atoms with Crippen LogP contribution in [0, 0.1) is 0 Å². The van der Waals surface area contributed by atoms with E-state index >= 15 is 0 Å². The summed E-state index contributed by atoms with van der Waals surface area (Å²) in [6, 6.07) is 0. The van der Waals surface area contributed by atoms with Gasteiger partial charge in [0.15, 0.2) is 0 Å². The van der Waals surface area contributed by atoms with E-state index in [1.165, 1.54) is 0 Å². The van der Waals surface area contributed by atoms with E-state index in [0.717, 1.165) is 0 Å². The molecule has 0 aromatic carbocycles. The van der Waals surface area contributed by atoms with Crippen molar-refractivity contribution in [3.05, 3.63) is 0 Å². The quantitative estimate of drug-likeness (QED) is 0.323. The largest absolute Gasteiger partial charge is 0.435 e. The average Bonchev–Trinajstić information content (AvgIpc) is 1.41. The molecule has 0 saturated carbocycles. The van der Waals surface area contributed by atoms with Gasteiger partial charge in [-0.3, -0.25) is 0 Å². The van der Waals surface area contributed by atoms with Crippen LogP contribution in [0.25, 0.3) is 0 Å². The Morgan fingerprint density at radius 2 is 0.692 bits per heavy atom. The minimum Gasteiger partial charge on any atom is -0.435 e. The fraction of sp³-hybridized carbons (Fsp3) is 0. The maximum Gasteiger partial charge on any atom is 0.409 e. The molecule has 0 saturated heterocycles. The van der Waals surface area contributed by atoms with E-state index in [0.29, 0.717) is 0 Å². The van der Waals surface area contributed by atoms with Crippen LogP contribution in [0.4, 0.5) is 0 Å². The van der Waals surface area contributed by atoms with E-state index < -0.39 is 0 Å². The van der Waals surface area contributed by atoms with Gasteiger partial charge in [-0.2, -0.15) is 0 Å². The van der Waals surface area contributed by atoms with Gasteiger partial charge in [-0.05, 0) is 0 Å². The second kappa shape index (κ2) is 57.9. The van der Waals surface area contributed by atoms with Gasteiger partial charge in [0.1, 0.15) is 0 Å². The van der Waals surface area contributed by atoms with Gasteiger partial charge >= 0.3 is 10.0 Å². The van der Waals surface area contributed by atoms with E-state index in [1.54, 1.807) is 0 Å². The minimum absolute atomic E-state index is 0. The first-order chi connectivity index (χ1) is 2.41. The van der Waals surface area contributed by atoms with Crippen molar-refractivity contribution in [1.82, 2.24) is 0 Å². The molecule has 0 rings (SSSR count). The van der Waals surface area contributed by atoms with Crippen molar-refractivity contribution in [2.75, 3.05) is 0 Å². The summed E-state index contributed by atoms with van der Waals surface area (Å²) in [5.74, 6) is 0. The Bertz CT molecular complexity index is 24.9. The fourth-order valence-corrected chi connectivity index (χ4v) is 0.563. The van der Waals surface area contributed by atoms with Gasteiger partial charge in [-0.25, -0.2) is 0 Å². The normalized spacial score (nSPS) is 3.23. The molecule has 48 valence electrons. The molecule has 0 aromatic rings. The topological polar surface area (TPSA) is 18.5 Å². The smallest absolute Gasteiger partial charge is 0.409 e. The van der Waals surface area contributed by atoms with Crippen LogP contribution in [-0.4, -0.2) is 31.0 Å². The number of hydrogen-bond donors (Lipinski definition) is 0. The molecule has 16 radical (unpaired) electrons. The molecule has 0 atom stereocenters. The molecule has 0 aromatic heterocycles. The van der Waals surface area contributed by atoms with Crippen molar-refractivity contribution in [2.45, 2.75) is 0 Å². The molecule has 0 fully saturated rings. The standard InChI is InChI=1S/O2Si3.8Y/c3-1-5-2-4;;;;;;;;. The summed E-state index contributed by atoms with van der Waals surface area (Å²) in [6.07, 6.45) is 0. The molecule has 0 spiro atoms. The van der Waals surface area contributed by atoms with Gasteiger partial charge in [-0.1, -0.05) is 0 Å². The second-order valence-corrected chi connectivity index (χ2v) is 2.09. The van der Waals surface area contributed by atoms with Crippen LogP contribution in [0.1, 0.15) is 0 Å². The van der Waals surface area contributed by atoms with E-state index in [2.05, 4.69) is 29.2 Å². The van der Waals surface area contributed by atoms with E-state index in [4.69, 9.17) is 0 Å². The van der Waals surface area contributed by atoms with E-state index in [9.17, 15) is 0 Å². The average molecular weight is 828 g/mol. The Hall–Kier alpha value is 9.40. The Morgan fingerprint density at radius 1 is 0.538 bits per heavy atom. The molecule has 13 heteroatoms. The molecule has 0 heterocycles. The molecule has 0 aliphatic heterocycles. The Labute approximate surface area is 291 Å². The van der Waals surface area contributed by atoms with Crippen molar-refractivity contribution in [1.29, 1.82) is 0 Å². The van der Waals surface area contributed by atoms with Crippen LogP contribution in [0.5, 0.6) is 0 Å². The summed E-state index contributed by atoms with van der Waals surface area (Å²) in [5, 5.41) is 0. The zero-order valence-corrected chi connectivity index (χ0v) is 32.6. The summed E-state index contributed by atoms with van der Waals surface area (Å²) in [6.45, 7) is 0. The van der Waals surface area contributed by atoms with E-state index in [1.807, 2.05) is 0 Å². The van der Waals surface area contributed by atoms with Crippen molar-refractivity contribution in [3.63, 3.8) is 0 Å². The summed E-state index contributed by atoms with van der Waals surface area (Å²) in [7, 11) is 5.44. The van der Waals surface area contributed by atoms with Gasteiger partial charge in [0, 0.05) is 262 Å². The van der Waals surface area contributed by atoms with Gasteiger partial charge in [0.05, 0.1) is 0 Å². The summed E-state index contributed by atoms with van der Waals surface area (Å²) in [4.78, 5) is 0. The van der Waals surface area contributed by atoms with Crippen LogP contribution in [0.2, 0.25) is 0 Å². The van der Waals surface area contributed by atoms with Crippen LogP contribution in [-0.2, 0) is 270 Å². The third-order valence-corrected chi connectivity index (χ3v) is 0.750. The molecular formula is O2Si3Y8. The summed E-state index contributed by atoms with van der Waals surface area (Å²) in [5.41, 5.74) is 0. The maximum absolute atomic E-state index is 4.25. The monoisotopic (exact) mass is 827 g/mol. The minimum atomic E-state index is 0. The van der Waals surface area contributed by atoms with Crippen molar-refractivity contribution >= 4 is 31.0 Å². The van der Waals surface area contributed by atoms with Crippen LogP contribution in [0.3, 0.4) is 0 Å². The van der Waals surface area contributed by atoms with Crippen molar-refractivity contribution in [3.8, 4) is 0 Å². The molecule has 0 unspecified atom stereocenters. The third-order valence-electron chi connectivity index (χ3n) is 0.0833. The Morgan fingerprint density at radius 3 is 0.692 bits per heavy atom. The molecule has 0 amide bonds. The Kier molecular flexibility index (Phi) is 255. The van der Waals surface area contributed by atoms with Gasteiger partial charge < -0.3 is 8.23 Å². The molecule has 0 bridgehead atoms. The van der Waals surface area contributed by atoms with Crippen LogP contribution >= 0.6 is 0 Å². The first kappa shape index (κ1) is 57.1. The van der Waals surface area contributed by atoms with Crippen molar-refractivity contribution < 1.29 is 270 Å². The fourth-order valence-electron chi connectivity index (χ4n) is 0.0208. The predicted octanol–water partition coefficient (Wildman–Crippen LogP) is -1.30. The molecule has 0 aliphatic rings. The third kappa shape index (κ3) is 62.0. The zero-order chi connectivity index (χ0) is 4.12. The van der Waals surface area contributed by atoms with Crippen LogP contribution < -0.4 is 0 Å². The number of rotatable bonds is 2. The predicted molar refractivity (Wildman–Crippen MR) is 19.4 cm³/mol. The zero-order valence-electron chi connectivity index (χ0n) is 6.94. The van der Waals surface area contributed by atoms with E-state index in [-0.39, 0.29) is 272 Å².